The third-order valence-corrected chi connectivity index (χ3v) is 3.39. The lowest BCUT2D eigenvalue weighted by molar-refractivity contribution is -0.00000528. The van der Waals surface area contributed by atoms with Crippen LogP contribution in [0.15, 0.2) is 36.7 Å². The fourth-order valence-corrected chi connectivity index (χ4v) is 2.26. The van der Waals surface area contributed by atoms with Crippen LogP contribution in [-0.4, -0.2) is 18.1 Å². The van der Waals surface area contributed by atoms with E-state index < -0.39 is 0 Å². The van der Waals surface area contributed by atoms with Crippen molar-refractivity contribution in [3.05, 3.63) is 52.8 Å². The molecule has 0 spiro atoms. The molecule has 0 fully saturated rings. The molecule has 1 heterocycles. The molecule has 0 amide bonds. The molecule has 0 aliphatic rings. The summed E-state index contributed by atoms with van der Waals surface area (Å²) in [6.07, 6.45) is 3.49. The zero-order valence-corrected chi connectivity index (χ0v) is 15.0. The van der Waals surface area contributed by atoms with Crippen molar-refractivity contribution in [2.75, 3.05) is 7.11 Å². The highest BCUT2D eigenvalue weighted by Gasteiger charge is 2.12. The van der Waals surface area contributed by atoms with Gasteiger partial charge in [-0.15, -0.1) is 0 Å². The molecule has 23 heavy (non-hydrogen) atoms. The number of pyridine rings is 1. The molecule has 0 saturated heterocycles. The van der Waals surface area contributed by atoms with E-state index in [0.717, 1.165) is 17.7 Å². The Bertz CT molecular complexity index is 607. The second-order valence-corrected chi connectivity index (χ2v) is 5.70. The Morgan fingerprint density at radius 2 is 2.04 bits per heavy atom. The Hall–Kier alpha value is -1.49. The zero-order chi connectivity index (χ0) is 15.9. The van der Waals surface area contributed by atoms with Crippen molar-refractivity contribution in [2.24, 2.45) is 0 Å². The second kappa shape index (κ2) is 9.60. The Kier molecular flexibility index (Phi) is 8.17. The monoisotopic (exact) mass is 355 g/mol. The largest absolute Gasteiger partial charge is 1.00 e. The van der Waals surface area contributed by atoms with Crippen molar-refractivity contribution < 1.29 is 21.9 Å². The maximum Gasteiger partial charge on any atom is 0.180 e. The molecule has 0 aliphatic carbocycles. The lowest BCUT2D eigenvalue weighted by Gasteiger charge is -2.15. The minimum atomic E-state index is 0. The van der Waals surface area contributed by atoms with Gasteiger partial charge in [0.05, 0.1) is 12.1 Å². The topological polar surface area (TPSA) is 43.4 Å². The molecule has 126 valence electrons. The van der Waals surface area contributed by atoms with E-state index in [1.54, 1.807) is 19.5 Å². The Morgan fingerprint density at radius 3 is 2.65 bits per heavy atom. The van der Waals surface area contributed by atoms with Gasteiger partial charge in [-0.3, -0.25) is 4.98 Å². The molecular formula is C17H21Cl2N2O2-. The first kappa shape index (κ1) is 19.6. The quantitative estimate of drug-likeness (QED) is 0.798. The molecule has 0 saturated carbocycles. The Labute approximate surface area is 148 Å². The number of halogens is 2. The van der Waals surface area contributed by atoms with Crippen LogP contribution in [-0.2, 0) is 13.2 Å². The molecule has 0 aliphatic heterocycles. The number of ether oxygens (including phenoxy) is 2. The lowest BCUT2D eigenvalue weighted by atomic mass is 10.2. The third-order valence-electron chi connectivity index (χ3n) is 3.11. The fraction of sp³-hybridized carbons (Fsp3) is 0.353. The maximum atomic E-state index is 6.35. The highest BCUT2D eigenvalue weighted by atomic mass is 35.5. The second-order valence-electron chi connectivity index (χ2n) is 5.29. The van der Waals surface area contributed by atoms with E-state index in [0.29, 0.717) is 29.2 Å². The van der Waals surface area contributed by atoms with Crippen LogP contribution in [0.4, 0.5) is 0 Å². The van der Waals surface area contributed by atoms with Gasteiger partial charge in [-0.25, -0.2) is 0 Å². The highest BCUT2D eigenvalue weighted by molar-refractivity contribution is 6.32. The first-order valence-corrected chi connectivity index (χ1v) is 7.59. The van der Waals surface area contributed by atoms with Gasteiger partial charge < -0.3 is 27.2 Å². The predicted molar refractivity (Wildman–Crippen MR) is 88.5 cm³/mol. The van der Waals surface area contributed by atoms with Gasteiger partial charge in [0, 0.05) is 30.5 Å². The van der Waals surface area contributed by atoms with Gasteiger partial charge in [0.25, 0.3) is 0 Å². The SMILES string of the molecule is COc1cc(CNC(C)C)cc(Cl)c1OCc1cccnc1.[Cl-]. The number of methoxy groups -OCH3 is 1. The molecule has 1 N–H and O–H groups in total. The minimum absolute atomic E-state index is 0. The van der Waals surface area contributed by atoms with E-state index in [2.05, 4.69) is 24.1 Å². The molecule has 1 aromatic heterocycles. The summed E-state index contributed by atoms with van der Waals surface area (Å²) < 4.78 is 11.2. The van der Waals surface area contributed by atoms with Crippen LogP contribution in [0.25, 0.3) is 0 Å². The first-order chi connectivity index (χ1) is 10.6. The standard InChI is InChI=1S/C17H21ClN2O2.ClH/c1-12(2)20-10-14-7-15(18)17(16(8-14)21-3)22-11-13-5-4-6-19-9-13;/h4-9,12,20H,10-11H2,1-3H3;1H/p-1. The van der Waals surface area contributed by atoms with E-state index in [9.17, 15) is 0 Å². The molecule has 1 aromatic carbocycles. The Morgan fingerprint density at radius 1 is 1.26 bits per heavy atom. The van der Waals surface area contributed by atoms with E-state index in [1.807, 2.05) is 24.3 Å². The smallest absolute Gasteiger partial charge is 0.180 e. The van der Waals surface area contributed by atoms with Crippen molar-refractivity contribution >= 4 is 11.6 Å². The van der Waals surface area contributed by atoms with Crippen LogP contribution in [0.3, 0.4) is 0 Å². The average molecular weight is 356 g/mol. The van der Waals surface area contributed by atoms with E-state index in [1.165, 1.54) is 0 Å². The third kappa shape index (κ3) is 5.90. The molecule has 0 radical (unpaired) electrons. The summed E-state index contributed by atoms with van der Waals surface area (Å²) in [6.45, 7) is 5.33. The van der Waals surface area contributed by atoms with E-state index in [4.69, 9.17) is 21.1 Å². The van der Waals surface area contributed by atoms with Gasteiger partial charge in [0.1, 0.15) is 6.61 Å². The van der Waals surface area contributed by atoms with Crippen LogP contribution in [0.1, 0.15) is 25.0 Å². The van der Waals surface area contributed by atoms with E-state index >= 15 is 0 Å². The number of hydrogen-bond donors (Lipinski definition) is 1. The normalized spacial score (nSPS) is 10.3. The molecule has 4 nitrogen and oxygen atoms in total. The van der Waals surface area contributed by atoms with Crippen molar-refractivity contribution in [3.8, 4) is 11.5 Å². The van der Waals surface area contributed by atoms with Gasteiger partial charge in [-0.2, -0.15) is 0 Å². The average Bonchev–Trinajstić information content (AvgIpc) is 2.52. The molecular weight excluding hydrogens is 335 g/mol. The van der Waals surface area contributed by atoms with E-state index in [-0.39, 0.29) is 12.4 Å². The fourth-order valence-electron chi connectivity index (χ4n) is 1.98. The summed E-state index contributed by atoms with van der Waals surface area (Å²) >= 11 is 6.35. The van der Waals surface area contributed by atoms with Gasteiger partial charge in [-0.1, -0.05) is 31.5 Å². The van der Waals surface area contributed by atoms with Crippen molar-refractivity contribution in [2.45, 2.75) is 33.0 Å². The molecule has 0 unspecified atom stereocenters. The molecule has 2 aromatic rings. The molecule has 2 rings (SSSR count). The summed E-state index contributed by atoms with van der Waals surface area (Å²) in [5.41, 5.74) is 2.04. The van der Waals surface area contributed by atoms with Crippen molar-refractivity contribution in [1.82, 2.24) is 10.3 Å². The predicted octanol–water partition coefficient (Wildman–Crippen LogP) is 0.825. The highest BCUT2D eigenvalue weighted by Crippen LogP contribution is 2.36. The summed E-state index contributed by atoms with van der Waals surface area (Å²) in [6, 6.07) is 8.08. The zero-order valence-electron chi connectivity index (χ0n) is 13.5. The number of aromatic nitrogens is 1. The maximum absolute atomic E-state index is 6.35. The molecule has 0 atom stereocenters. The lowest BCUT2D eigenvalue weighted by Crippen LogP contribution is -3.00. The summed E-state index contributed by atoms with van der Waals surface area (Å²) in [5, 5.41) is 3.90. The molecule has 0 bridgehead atoms. The first-order valence-electron chi connectivity index (χ1n) is 7.21. The minimum Gasteiger partial charge on any atom is -1.00 e. The van der Waals surface area contributed by atoms with Gasteiger partial charge >= 0.3 is 0 Å². The number of nitrogens with one attached hydrogen (secondary N) is 1. The van der Waals surface area contributed by atoms with Crippen LogP contribution in [0.5, 0.6) is 11.5 Å². The van der Waals surface area contributed by atoms with Gasteiger partial charge in [-0.05, 0) is 23.8 Å². The van der Waals surface area contributed by atoms with Crippen LogP contribution >= 0.6 is 11.6 Å². The number of benzene rings is 1. The Balaban J connectivity index is 0.00000264. The van der Waals surface area contributed by atoms with Crippen LogP contribution in [0, 0.1) is 0 Å². The summed E-state index contributed by atoms with van der Waals surface area (Å²) in [4.78, 5) is 4.06. The number of hydrogen-bond acceptors (Lipinski definition) is 4. The van der Waals surface area contributed by atoms with Gasteiger partial charge in [0.15, 0.2) is 11.5 Å². The van der Waals surface area contributed by atoms with Crippen LogP contribution < -0.4 is 27.2 Å². The van der Waals surface area contributed by atoms with Gasteiger partial charge in [0.2, 0.25) is 0 Å². The number of rotatable bonds is 7. The number of nitrogens with zero attached hydrogens (tertiary/aromatic N) is 1. The van der Waals surface area contributed by atoms with Crippen LogP contribution in [0.2, 0.25) is 5.02 Å². The summed E-state index contributed by atoms with van der Waals surface area (Å²) in [7, 11) is 1.61. The van der Waals surface area contributed by atoms with Crippen molar-refractivity contribution in [1.29, 1.82) is 0 Å². The van der Waals surface area contributed by atoms with Crippen molar-refractivity contribution in [3.63, 3.8) is 0 Å². The summed E-state index contributed by atoms with van der Waals surface area (Å²) in [5.74, 6) is 1.19. The molecule has 6 heteroatoms.